The Morgan fingerprint density at radius 1 is 0.236 bits per heavy atom. The van der Waals surface area contributed by atoms with Crippen molar-refractivity contribution in [1.82, 2.24) is 4.98 Å². The van der Waals surface area contributed by atoms with Crippen LogP contribution in [0.1, 0.15) is 22.3 Å². The van der Waals surface area contributed by atoms with Crippen molar-refractivity contribution in [3.8, 4) is 95.3 Å². The third kappa shape index (κ3) is 11.2. The number of aryl methyl sites for hydroxylation is 1. The molecule has 0 aliphatic heterocycles. The van der Waals surface area contributed by atoms with Gasteiger partial charge in [-0.3, -0.25) is 4.98 Å². The maximum Gasteiger partial charge on any atom is 0.123 e. The summed E-state index contributed by atoms with van der Waals surface area (Å²) < 4.78 is 19.9. The van der Waals surface area contributed by atoms with Crippen molar-refractivity contribution in [2.24, 2.45) is 0 Å². The van der Waals surface area contributed by atoms with Crippen LogP contribution in [0.15, 0.2) is 316 Å². The van der Waals surface area contributed by atoms with Crippen LogP contribution in [-0.4, -0.2) is 4.98 Å². The molecule has 1 aromatic heterocycles. The second kappa shape index (κ2) is 24.2. The van der Waals surface area contributed by atoms with Crippen LogP contribution in [0, 0.1) is 6.92 Å². The summed E-state index contributed by atoms with van der Waals surface area (Å²) in [5.41, 5.74) is 20.5. The fraction of sp³-hybridized carbons (Fsp3) is 0.0471. The van der Waals surface area contributed by atoms with Crippen molar-refractivity contribution < 1.29 is 14.2 Å². The summed E-state index contributed by atoms with van der Waals surface area (Å²) in [7, 11) is 0. The number of rotatable bonds is 16. The molecule has 0 amide bonds. The molecule has 0 atom stereocenters. The first-order valence-electron chi connectivity index (χ1n) is 30.4. The van der Waals surface area contributed by atoms with Crippen molar-refractivity contribution in [2.45, 2.75) is 26.7 Å². The van der Waals surface area contributed by atoms with Crippen LogP contribution in [0.25, 0.3) is 121 Å². The molecule has 4 heteroatoms. The average molecular weight is 1140 g/mol. The van der Waals surface area contributed by atoms with E-state index < -0.39 is 0 Å². The molecule has 0 N–H and O–H groups in total. The molecule has 0 radical (unpaired) electrons. The van der Waals surface area contributed by atoms with Gasteiger partial charge in [0.1, 0.15) is 37.1 Å². The molecule has 89 heavy (non-hydrogen) atoms. The van der Waals surface area contributed by atoms with Crippen LogP contribution in [0.4, 0.5) is 0 Å². The molecule has 424 valence electrons. The molecule has 15 rings (SSSR count). The minimum atomic E-state index is 0.310. The van der Waals surface area contributed by atoms with E-state index in [4.69, 9.17) is 19.2 Å². The van der Waals surface area contributed by atoms with E-state index in [-0.39, 0.29) is 0 Å². The Morgan fingerprint density at radius 2 is 0.573 bits per heavy atom. The molecule has 0 unspecified atom stereocenters. The van der Waals surface area contributed by atoms with Crippen molar-refractivity contribution in [3.05, 3.63) is 338 Å². The first kappa shape index (κ1) is 54.3. The van der Waals surface area contributed by atoms with E-state index in [1.807, 2.05) is 24.4 Å². The van der Waals surface area contributed by atoms with Crippen LogP contribution < -0.4 is 14.2 Å². The van der Waals surface area contributed by atoms with Gasteiger partial charge in [0.25, 0.3) is 0 Å². The molecule has 0 saturated carbocycles. The fourth-order valence-electron chi connectivity index (χ4n) is 12.7. The topological polar surface area (TPSA) is 40.6 Å². The second-order valence-electron chi connectivity index (χ2n) is 22.9. The molecule has 1 heterocycles. The number of ether oxygens (including phenoxy) is 3. The Hall–Kier alpha value is -11.3. The van der Waals surface area contributed by atoms with Gasteiger partial charge in [0.2, 0.25) is 0 Å². The number of aromatic nitrogens is 1. The number of fused-ring (bicyclic) bond motifs is 4. The Morgan fingerprint density at radius 3 is 1.01 bits per heavy atom. The molecule has 0 aliphatic rings. The van der Waals surface area contributed by atoms with Gasteiger partial charge in [-0.2, -0.15) is 0 Å². The van der Waals surface area contributed by atoms with Crippen molar-refractivity contribution in [1.29, 1.82) is 0 Å². The quantitative estimate of drug-likeness (QED) is 0.0904. The molecular weight excluding hydrogens is 1080 g/mol. The highest BCUT2D eigenvalue weighted by molar-refractivity contribution is 6.22. The highest BCUT2D eigenvalue weighted by Crippen LogP contribution is 2.46. The fourth-order valence-corrected chi connectivity index (χ4v) is 12.7. The van der Waals surface area contributed by atoms with E-state index in [0.29, 0.717) is 31.3 Å². The zero-order valence-corrected chi connectivity index (χ0v) is 49.3. The summed E-state index contributed by atoms with van der Waals surface area (Å²) in [6, 6.07) is 110. The van der Waals surface area contributed by atoms with E-state index in [9.17, 15) is 0 Å². The summed E-state index contributed by atoms with van der Waals surface area (Å²) in [6.07, 6.45) is 1.89. The number of hydrogen-bond donors (Lipinski definition) is 0. The molecule has 15 aromatic rings. The number of nitrogens with zero attached hydrogens (tertiary/aromatic N) is 1. The van der Waals surface area contributed by atoms with Gasteiger partial charge in [-0.25, -0.2) is 0 Å². The Labute approximate surface area is 519 Å². The summed E-state index contributed by atoms with van der Waals surface area (Å²) in [4.78, 5) is 4.76. The number of pyridine rings is 1. The lowest BCUT2D eigenvalue weighted by molar-refractivity contribution is 0.281. The SMILES string of the molecule is Cc1ccc(-c2ccnc(-c3cccc(-c4ccc(OCc5cc(OCc6ccc(-c7c8ccccc8c(-c8ccccc8)c8ccccc78)cc6)cc(OCc6ccc(-c7c8ccccc8c(-c8ccccc8)c8ccccc78)cc6)c5)cc4)c3)c2)cc1. The summed E-state index contributed by atoms with van der Waals surface area (Å²) >= 11 is 0. The lowest BCUT2D eigenvalue weighted by Gasteiger charge is -2.18. The van der Waals surface area contributed by atoms with Crippen molar-refractivity contribution in [3.63, 3.8) is 0 Å². The molecule has 0 spiro atoms. The average Bonchev–Trinajstić information content (AvgIpc) is 0.961. The van der Waals surface area contributed by atoms with Gasteiger partial charge in [-0.1, -0.05) is 266 Å². The van der Waals surface area contributed by atoms with E-state index in [1.165, 1.54) is 87.6 Å². The zero-order valence-electron chi connectivity index (χ0n) is 49.3. The van der Waals surface area contributed by atoms with Crippen LogP contribution in [0.3, 0.4) is 0 Å². The van der Waals surface area contributed by atoms with Crippen LogP contribution >= 0.6 is 0 Å². The minimum Gasteiger partial charge on any atom is -0.489 e. The van der Waals surface area contributed by atoms with Crippen LogP contribution in [0.2, 0.25) is 0 Å². The molecule has 0 saturated heterocycles. The Balaban J connectivity index is 0.696. The maximum absolute atomic E-state index is 6.70. The molecular formula is C85H61NO3. The summed E-state index contributed by atoms with van der Waals surface area (Å²) in [5.74, 6) is 2.15. The van der Waals surface area contributed by atoms with Gasteiger partial charge < -0.3 is 14.2 Å². The highest BCUT2D eigenvalue weighted by Gasteiger charge is 2.19. The summed E-state index contributed by atoms with van der Waals surface area (Å²) in [5, 5.41) is 9.84. The third-order valence-electron chi connectivity index (χ3n) is 17.1. The van der Waals surface area contributed by atoms with Gasteiger partial charge in [0, 0.05) is 17.8 Å². The summed E-state index contributed by atoms with van der Waals surface area (Å²) in [6.45, 7) is 3.16. The van der Waals surface area contributed by atoms with Gasteiger partial charge in [0.05, 0.1) is 5.69 Å². The lowest BCUT2D eigenvalue weighted by atomic mass is 9.86. The molecule has 0 aliphatic carbocycles. The van der Waals surface area contributed by atoms with Gasteiger partial charge in [-0.05, 0) is 176 Å². The minimum absolute atomic E-state index is 0.310. The number of hydrogen-bond acceptors (Lipinski definition) is 4. The monoisotopic (exact) mass is 1140 g/mol. The molecule has 4 nitrogen and oxygen atoms in total. The third-order valence-corrected chi connectivity index (χ3v) is 17.1. The predicted octanol–water partition coefficient (Wildman–Crippen LogP) is 22.4. The lowest BCUT2D eigenvalue weighted by Crippen LogP contribution is -2.01. The van der Waals surface area contributed by atoms with Gasteiger partial charge in [-0.15, -0.1) is 0 Å². The van der Waals surface area contributed by atoms with E-state index in [2.05, 4.69) is 298 Å². The molecule has 14 aromatic carbocycles. The van der Waals surface area contributed by atoms with E-state index >= 15 is 0 Å². The predicted molar refractivity (Wildman–Crippen MR) is 369 cm³/mol. The first-order chi connectivity index (χ1) is 44.0. The van der Waals surface area contributed by atoms with Crippen LogP contribution in [-0.2, 0) is 19.8 Å². The van der Waals surface area contributed by atoms with Crippen molar-refractivity contribution >= 4 is 43.1 Å². The Bertz CT molecular complexity index is 4700. The normalized spacial score (nSPS) is 11.3. The smallest absolute Gasteiger partial charge is 0.123 e. The molecule has 0 fully saturated rings. The zero-order chi connectivity index (χ0) is 59.5. The standard InChI is InChI=1S/C85H61NO3/c1-57-31-37-61(38-32-57)68-47-48-86-81(52-68)69-22-16-21-67(51-69)62-43-45-70(46-44-62)87-56-60-49-71(88-54-58-33-39-65(40-34-58)84-77-27-12-8-23-73(77)82(63-17-4-2-5-18-63)74-24-9-13-28-78(74)84)53-72(50-60)89-55-59-35-41-66(42-36-59)85-79-29-14-10-25-75(79)83(64-19-6-3-7-20-64)76-26-11-15-30-80(76)85/h2-53H,54-56H2,1H3. The second-order valence-corrected chi connectivity index (χ2v) is 22.9. The Kier molecular flexibility index (Phi) is 14.8. The van der Waals surface area contributed by atoms with Gasteiger partial charge in [0.15, 0.2) is 0 Å². The number of benzene rings is 14. The van der Waals surface area contributed by atoms with E-state index in [1.54, 1.807) is 0 Å². The highest BCUT2D eigenvalue weighted by atomic mass is 16.5. The van der Waals surface area contributed by atoms with E-state index in [0.717, 1.165) is 61.5 Å². The largest absolute Gasteiger partial charge is 0.489 e. The van der Waals surface area contributed by atoms with Gasteiger partial charge >= 0.3 is 0 Å². The first-order valence-corrected chi connectivity index (χ1v) is 30.4. The van der Waals surface area contributed by atoms with Crippen LogP contribution in [0.5, 0.6) is 17.2 Å². The molecule has 0 bridgehead atoms. The maximum atomic E-state index is 6.70. The van der Waals surface area contributed by atoms with Crippen molar-refractivity contribution in [2.75, 3.05) is 0 Å².